The SMILES string of the molecule is COc1ccc(C)cc1/C=C/C(=O)NC1CS(=O)(=O)CC1N1CCCCC1. The summed E-state index contributed by atoms with van der Waals surface area (Å²) in [7, 11) is -1.53. The molecule has 27 heavy (non-hydrogen) atoms. The minimum atomic E-state index is -3.12. The molecule has 0 aromatic heterocycles. The molecule has 2 saturated heterocycles. The van der Waals surface area contributed by atoms with Gasteiger partial charge in [0.2, 0.25) is 5.91 Å². The number of amides is 1. The highest BCUT2D eigenvalue weighted by Gasteiger charge is 2.41. The highest BCUT2D eigenvalue weighted by Crippen LogP contribution is 2.23. The lowest BCUT2D eigenvalue weighted by Crippen LogP contribution is -2.52. The molecule has 2 aliphatic heterocycles. The third kappa shape index (κ3) is 5.11. The molecule has 0 bridgehead atoms. The Bertz CT molecular complexity index is 813. The van der Waals surface area contributed by atoms with Gasteiger partial charge in [0.25, 0.3) is 0 Å². The van der Waals surface area contributed by atoms with Crippen molar-refractivity contribution in [1.29, 1.82) is 0 Å². The maximum atomic E-state index is 12.4. The van der Waals surface area contributed by atoms with Crippen LogP contribution in [0.4, 0.5) is 0 Å². The van der Waals surface area contributed by atoms with Crippen LogP contribution in [0.5, 0.6) is 5.75 Å². The van der Waals surface area contributed by atoms with Crippen molar-refractivity contribution in [1.82, 2.24) is 10.2 Å². The van der Waals surface area contributed by atoms with Gasteiger partial charge in [-0.1, -0.05) is 18.1 Å². The lowest BCUT2D eigenvalue weighted by atomic mass is 10.0. The second kappa shape index (κ2) is 8.44. The highest BCUT2D eigenvalue weighted by molar-refractivity contribution is 7.91. The number of hydrogen-bond acceptors (Lipinski definition) is 5. The Morgan fingerprint density at radius 1 is 1.22 bits per heavy atom. The number of methoxy groups -OCH3 is 1. The molecule has 2 unspecified atom stereocenters. The summed E-state index contributed by atoms with van der Waals surface area (Å²) in [6.07, 6.45) is 6.53. The zero-order chi connectivity index (χ0) is 19.4. The lowest BCUT2D eigenvalue weighted by Gasteiger charge is -2.34. The molecule has 0 radical (unpaired) electrons. The van der Waals surface area contributed by atoms with Crippen LogP contribution in [0.2, 0.25) is 0 Å². The number of nitrogens with zero attached hydrogens (tertiary/aromatic N) is 1. The van der Waals surface area contributed by atoms with Crippen LogP contribution < -0.4 is 10.1 Å². The van der Waals surface area contributed by atoms with Gasteiger partial charge in [-0.25, -0.2) is 8.42 Å². The summed E-state index contributed by atoms with van der Waals surface area (Å²) in [5.74, 6) is 0.566. The Morgan fingerprint density at radius 3 is 2.67 bits per heavy atom. The van der Waals surface area contributed by atoms with E-state index < -0.39 is 9.84 Å². The fourth-order valence-corrected chi connectivity index (χ4v) is 5.91. The predicted molar refractivity (Wildman–Crippen MR) is 107 cm³/mol. The summed E-state index contributed by atoms with van der Waals surface area (Å²) in [4.78, 5) is 14.7. The Kier molecular flexibility index (Phi) is 6.22. The van der Waals surface area contributed by atoms with E-state index in [0.29, 0.717) is 5.75 Å². The number of sulfone groups is 1. The number of aryl methyl sites for hydroxylation is 1. The van der Waals surface area contributed by atoms with E-state index in [1.165, 1.54) is 12.5 Å². The smallest absolute Gasteiger partial charge is 0.244 e. The molecule has 148 valence electrons. The van der Waals surface area contributed by atoms with E-state index in [1.807, 2.05) is 25.1 Å². The van der Waals surface area contributed by atoms with Crippen molar-refractivity contribution in [3.05, 3.63) is 35.4 Å². The second-order valence-electron chi connectivity index (χ2n) is 7.43. The van der Waals surface area contributed by atoms with Crippen LogP contribution in [0.3, 0.4) is 0 Å². The van der Waals surface area contributed by atoms with E-state index in [2.05, 4.69) is 10.2 Å². The first kappa shape index (κ1) is 19.9. The molecule has 0 saturated carbocycles. The molecule has 1 aromatic carbocycles. The van der Waals surface area contributed by atoms with Crippen molar-refractivity contribution >= 4 is 21.8 Å². The van der Waals surface area contributed by atoms with Gasteiger partial charge < -0.3 is 10.1 Å². The Balaban J connectivity index is 1.69. The number of piperidine rings is 1. The van der Waals surface area contributed by atoms with Gasteiger partial charge in [-0.2, -0.15) is 0 Å². The molecule has 1 amide bonds. The first-order valence-electron chi connectivity index (χ1n) is 9.46. The fraction of sp³-hybridized carbons (Fsp3) is 0.550. The van der Waals surface area contributed by atoms with E-state index in [1.54, 1.807) is 13.2 Å². The fourth-order valence-electron chi connectivity index (χ4n) is 3.96. The average Bonchev–Trinajstić information content (AvgIpc) is 2.95. The Labute approximate surface area is 161 Å². The van der Waals surface area contributed by atoms with E-state index in [0.717, 1.165) is 37.1 Å². The Morgan fingerprint density at radius 2 is 1.96 bits per heavy atom. The molecule has 2 heterocycles. The number of ether oxygens (including phenoxy) is 1. The van der Waals surface area contributed by atoms with Gasteiger partial charge in [0.15, 0.2) is 9.84 Å². The van der Waals surface area contributed by atoms with Crippen molar-refractivity contribution in [2.24, 2.45) is 0 Å². The molecule has 2 atom stereocenters. The van der Waals surface area contributed by atoms with Crippen molar-refractivity contribution in [3.8, 4) is 5.75 Å². The van der Waals surface area contributed by atoms with Gasteiger partial charge in [-0.05, 0) is 51.1 Å². The van der Waals surface area contributed by atoms with Gasteiger partial charge >= 0.3 is 0 Å². The molecule has 2 aliphatic rings. The van der Waals surface area contributed by atoms with Crippen molar-refractivity contribution in [2.75, 3.05) is 31.7 Å². The molecular weight excluding hydrogens is 364 g/mol. The molecule has 3 rings (SSSR count). The van der Waals surface area contributed by atoms with E-state index in [9.17, 15) is 13.2 Å². The topological polar surface area (TPSA) is 75.7 Å². The van der Waals surface area contributed by atoms with E-state index in [-0.39, 0.29) is 29.5 Å². The van der Waals surface area contributed by atoms with Crippen LogP contribution >= 0.6 is 0 Å². The molecular formula is C20H28N2O4S. The molecule has 0 aliphatic carbocycles. The second-order valence-corrected chi connectivity index (χ2v) is 9.59. The quantitative estimate of drug-likeness (QED) is 0.773. The number of carbonyl (C=O) groups excluding carboxylic acids is 1. The van der Waals surface area contributed by atoms with Crippen LogP contribution in [0.1, 0.15) is 30.4 Å². The van der Waals surface area contributed by atoms with E-state index >= 15 is 0 Å². The van der Waals surface area contributed by atoms with Gasteiger partial charge in [0.05, 0.1) is 24.7 Å². The minimum absolute atomic E-state index is 0.0154. The zero-order valence-corrected chi connectivity index (χ0v) is 16.8. The Hall–Kier alpha value is -1.86. The van der Waals surface area contributed by atoms with Crippen LogP contribution in [0.25, 0.3) is 6.08 Å². The summed E-state index contributed by atoms with van der Waals surface area (Å²) < 4.78 is 29.6. The standard InChI is InChI=1S/C20H28N2O4S/c1-15-6-8-19(26-2)16(12-15)7-9-20(23)21-17-13-27(24,25)14-18(17)22-10-4-3-5-11-22/h6-9,12,17-18H,3-5,10-11,13-14H2,1-2H3,(H,21,23)/b9-7+. The van der Waals surface area contributed by atoms with Crippen molar-refractivity contribution in [2.45, 2.75) is 38.3 Å². The maximum Gasteiger partial charge on any atom is 0.244 e. The maximum absolute atomic E-state index is 12.4. The third-order valence-corrected chi connectivity index (χ3v) is 7.03. The number of carbonyl (C=O) groups is 1. The number of benzene rings is 1. The molecule has 2 fully saturated rings. The highest BCUT2D eigenvalue weighted by atomic mass is 32.2. The summed E-state index contributed by atoms with van der Waals surface area (Å²) >= 11 is 0. The lowest BCUT2D eigenvalue weighted by molar-refractivity contribution is -0.117. The molecule has 6 nitrogen and oxygen atoms in total. The summed E-state index contributed by atoms with van der Waals surface area (Å²) in [6, 6.07) is 5.27. The van der Waals surface area contributed by atoms with E-state index in [4.69, 9.17) is 4.74 Å². The molecule has 0 spiro atoms. The normalized spacial score (nSPS) is 25.6. The number of likely N-dealkylation sites (tertiary alicyclic amines) is 1. The van der Waals surface area contributed by atoms with Crippen LogP contribution in [0.15, 0.2) is 24.3 Å². The molecule has 1 N–H and O–H groups in total. The van der Waals surface area contributed by atoms with Crippen molar-refractivity contribution < 1.29 is 17.9 Å². The van der Waals surface area contributed by atoms with Crippen LogP contribution in [0, 0.1) is 6.92 Å². The van der Waals surface area contributed by atoms with Gasteiger partial charge in [-0.3, -0.25) is 9.69 Å². The summed E-state index contributed by atoms with van der Waals surface area (Å²) in [5, 5.41) is 2.92. The van der Waals surface area contributed by atoms with Crippen molar-refractivity contribution in [3.63, 3.8) is 0 Å². The first-order valence-corrected chi connectivity index (χ1v) is 11.3. The molecule has 1 aromatic rings. The monoisotopic (exact) mass is 392 g/mol. The van der Waals surface area contributed by atoms with Gasteiger partial charge in [0, 0.05) is 17.7 Å². The molecule has 7 heteroatoms. The van der Waals surface area contributed by atoms with Gasteiger partial charge in [0.1, 0.15) is 5.75 Å². The summed E-state index contributed by atoms with van der Waals surface area (Å²) in [5.41, 5.74) is 1.89. The zero-order valence-electron chi connectivity index (χ0n) is 16.0. The number of nitrogens with one attached hydrogen (secondary N) is 1. The summed E-state index contributed by atoms with van der Waals surface area (Å²) in [6.45, 7) is 3.79. The minimum Gasteiger partial charge on any atom is -0.496 e. The number of hydrogen-bond donors (Lipinski definition) is 1. The van der Waals surface area contributed by atoms with Crippen LogP contribution in [-0.4, -0.2) is 63.0 Å². The number of rotatable bonds is 5. The van der Waals surface area contributed by atoms with Gasteiger partial charge in [-0.15, -0.1) is 0 Å². The average molecular weight is 393 g/mol. The first-order chi connectivity index (χ1) is 12.9. The largest absolute Gasteiger partial charge is 0.496 e. The third-order valence-electron chi connectivity index (χ3n) is 5.31. The predicted octanol–water partition coefficient (Wildman–Crippen LogP) is 1.78. The van der Waals surface area contributed by atoms with Crippen LogP contribution in [-0.2, 0) is 14.6 Å².